The summed E-state index contributed by atoms with van der Waals surface area (Å²) in [5.74, 6) is -1.38. The van der Waals surface area contributed by atoms with E-state index in [0.717, 1.165) is 44.1 Å². The predicted molar refractivity (Wildman–Crippen MR) is 105 cm³/mol. The summed E-state index contributed by atoms with van der Waals surface area (Å²) in [6.45, 7) is 2.15. The maximum atomic E-state index is 14.4. The molecule has 0 saturated heterocycles. The number of benzene rings is 2. The van der Waals surface area contributed by atoms with Crippen molar-refractivity contribution in [3.8, 4) is 6.07 Å². The molecule has 1 aliphatic carbocycles. The number of hydrogen-bond donors (Lipinski definition) is 0. The lowest BCUT2D eigenvalue weighted by molar-refractivity contribution is 0.412. The lowest BCUT2D eigenvalue weighted by atomic mass is 9.80. The van der Waals surface area contributed by atoms with Gasteiger partial charge in [0, 0.05) is 0 Å². The zero-order valence-corrected chi connectivity index (χ0v) is 16.3. The van der Waals surface area contributed by atoms with Gasteiger partial charge in [0.1, 0.15) is 29.1 Å². The molecular formula is C24H26F3N. The first kappa shape index (κ1) is 20.5. The molecule has 0 saturated carbocycles. The summed E-state index contributed by atoms with van der Waals surface area (Å²) in [6.07, 6.45) is 7.56. The van der Waals surface area contributed by atoms with Gasteiger partial charge in [-0.1, -0.05) is 31.9 Å². The highest BCUT2D eigenvalue weighted by atomic mass is 19.1. The van der Waals surface area contributed by atoms with Gasteiger partial charge < -0.3 is 0 Å². The maximum Gasteiger partial charge on any atom is 0.147 e. The molecule has 1 nitrogen and oxygen atoms in total. The van der Waals surface area contributed by atoms with Gasteiger partial charge in [0.05, 0.1) is 0 Å². The van der Waals surface area contributed by atoms with Crippen LogP contribution >= 0.6 is 0 Å². The van der Waals surface area contributed by atoms with Gasteiger partial charge in [0.25, 0.3) is 0 Å². The van der Waals surface area contributed by atoms with Crippen LogP contribution in [0.5, 0.6) is 0 Å². The fourth-order valence-corrected chi connectivity index (χ4v) is 4.16. The molecule has 148 valence electrons. The van der Waals surface area contributed by atoms with E-state index in [-0.39, 0.29) is 11.7 Å². The SMILES string of the molecule is CCCCCc1ccc(CCC2CCc3c(cc(F)c(C#N)c3F)C2)c(F)c1. The molecule has 0 bridgehead atoms. The molecule has 4 heteroatoms. The fraction of sp³-hybridized carbons (Fsp3) is 0.458. The van der Waals surface area contributed by atoms with Gasteiger partial charge in [-0.05, 0) is 85.3 Å². The minimum Gasteiger partial charge on any atom is -0.207 e. The van der Waals surface area contributed by atoms with Crippen LogP contribution < -0.4 is 0 Å². The third kappa shape index (κ3) is 4.58. The van der Waals surface area contributed by atoms with E-state index in [1.165, 1.54) is 6.07 Å². The largest absolute Gasteiger partial charge is 0.207 e. The molecule has 0 N–H and O–H groups in total. The third-order valence-corrected chi connectivity index (χ3v) is 5.84. The molecule has 0 spiro atoms. The number of unbranched alkanes of at least 4 members (excludes halogenated alkanes) is 2. The van der Waals surface area contributed by atoms with Crippen molar-refractivity contribution in [2.24, 2.45) is 5.92 Å². The van der Waals surface area contributed by atoms with E-state index in [2.05, 4.69) is 6.92 Å². The highest BCUT2D eigenvalue weighted by molar-refractivity contribution is 5.42. The molecule has 1 aliphatic rings. The Labute approximate surface area is 165 Å². The summed E-state index contributed by atoms with van der Waals surface area (Å²) < 4.78 is 42.6. The number of fused-ring (bicyclic) bond motifs is 1. The molecule has 0 heterocycles. The number of aryl methyl sites for hydroxylation is 2. The number of hydrogen-bond acceptors (Lipinski definition) is 1. The smallest absolute Gasteiger partial charge is 0.147 e. The van der Waals surface area contributed by atoms with Crippen LogP contribution in [0.2, 0.25) is 0 Å². The molecule has 2 aromatic rings. The lowest BCUT2D eigenvalue weighted by Gasteiger charge is -2.25. The summed E-state index contributed by atoms with van der Waals surface area (Å²) in [5, 5.41) is 8.90. The molecule has 0 radical (unpaired) electrons. The van der Waals surface area contributed by atoms with Crippen LogP contribution in [0.25, 0.3) is 0 Å². The Hall–Kier alpha value is -2.28. The number of nitrogens with zero attached hydrogens (tertiary/aromatic N) is 1. The van der Waals surface area contributed by atoms with E-state index in [1.54, 1.807) is 12.1 Å². The van der Waals surface area contributed by atoms with Crippen LogP contribution in [-0.2, 0) is 25.7 Å². The van der Waals surface area contributed by atoms with Crippen LogP contribution in [0, 0.1) is 34.7 Å². The van der Waals surface area contributed by atoms with Gasteiger partial charge in [0.15, 0.2) is 0 Å². The Balaban J connectivity index is 1.62. The fourth-order valence-electron chi connectivity index (χ4n) is 4.16. The van der Waals surface area contributed by atoms with E-state index in [4.69, 9.17) is 5.26 Å². The minimum atomic E-state index is -0.788. The molecule has 28 heavy (non-hydrogen) atoms. The lowest BCUT2D eigenvalue weighted by Crippen LogP contribution is -2.18. The van der Waals surface area contributed by atoms with Gasteiger partial charge in [0.2, 0.25) is 0 Å². The van der Waals surface area contributed by atoms with E-state index in [9.17, 15) is 13.2 Å². The second kappa shape index (κ2) is 9.28. The third-order valence-electron chi connectivity index (χ3n) is 5.84. The standard InChI is InChI=1S/C24H26F3N/c1-2-3-4-5-16-6-9-18(22(25)13-16)10-7-17-8-11-20-19(12-17)14-23(26)21(15-28)24(20)27/h6,9,13-14,17H,2-5,7-8,10-12H2,1H3. The number of nitriles is 1. The van der Waals surface area contributed by atoms with Crippen molar-refractivity contribution < 1.29 is 13.2 Å². The average molecular weight is 385 g/mol. The summed E-state index contributed by atoms with van der Waals surface area (Å²) >= 11 is 0. The van der Waals surface area contributed by atoms with Crippen molar-refractivity contribution in [1.29, 1.82) is 5.26 Å². The molecule has 0 aromatic heterocycles. The van der Waals surface area contributed by atoms with Crippen LogP contribution in [0.1, 0.15) is 66.8 Å². The summed E-state index contributed by atoms with van der Waals surface area (Å²) in [6, 6.07) is 8.45. The normalized spacial score (nSPS) is 15.9. The van der Waals surface area contributed by atoms with Gasteiger partial charge in [-0.25, -0.2) is 13.2 Å². The van der Waals surface area contributed by atoms with Gasteiger partial charge in [-0.15, -0.1) is 0 Å². The van der Waals surface area contributed by atoms with Crippen molar-refractivity contribution in [2.45, 2.75) is 64.7 Å². The van der Waals surface area contributed by atoms with Crippen LogP contribution in [0.4, 0.5) is 13.2 Å². The van der Waals surface area contributed by atoms with Crippen molar-refractivity contribution in [3.63, 3.8) is 0 Å². The monoisotopic (exact) mass is 385 g/mol. The first-order valence-electron chi connectivity index (χ1n) is 10.2. The van der Waals surface area contributed by atoms with Crippen LogP contribution in [-0.4, -0.2) is 0 Å². The summed E-state index contributed by atoms with van der Waals surface area (Å²) in [4.78, 5) is 0. The molecule has 1 atom stereocenters. The van der Waals surface area contributed by atoms with E-state index in [0.29, 0.717) is 36.0 Å². The van der Waals surface area contributed by atoms with E-state index >= 15 is 0 Å². The molecule has 1 unspecified atom stereocenters. The minimum absolute atomic E-state index is 0.152. The molecule has 2 aromatic carbocycles. The van der Waals surface area contributed by atoms with Crippen molar-refractivity contribution >= 4 is 0 Å². The van der Waals surface area contributed by atoms with Crippen molar-refractivity contribution in [1.82, 2.24) is 0 Å². The van der Waals surface area contributed by atoms with E-state index < -0.39 is 17.2 Å². The Morgan fingerprint density at radius 2 is 1.89 bits per heavy atom. The topological polar surface area (TPSA) is 23.8 Å². The second-order valence-electron chi connectivity index (χ2n) is 7.83. The molecule has 0 amide bonds. The molecule has 3 rings (SSSR count). The van der Waals surface area contributed by atoms with Crippen LogP contribution in [0.15, 0.2) is 24.3 Å². The first-order chi connectivity index (χ1) is 13.5. The van der Waals surface area contributed by atoms with Gasteiger partial charge in [-0.2, -0.15) is 5.26 Å². The van der Waals surface area contributed by atoms with Gasteiger partial charge in [-0.3, -0.25) is 0 Å². The predicted octanol–water partition coefficient (Wildman–Crippen LogP) is 6.45. The maximum absolute atomic E-state index is 14.4. The number of halogens is 3. The zero-order chi connectivity index (χ0) is 20.1. The zero-order valence-electron chi connectivity index (χ0n) is 16.3. The second-order valence-corrected chi connectivity index (χ2v) is 7.83. The van der Waals surface area contributed by atoms with Gasteiger partial charge >= 0.3 is 0 Å². The number of rotatable bonds is 7. The molecule has 0 fully saturated rings. The average Bonchev–Trinajstić information content (AvgIpc) is 2.67. The van der Waals surface area contributed by atoms with Crippen molar-refractivity contribution in [2.75, 3.05) is 0 Å². The highest BCUT2D eigenvalue weighted by Crippen LogP contribution is 2.32. The summed E-state index contributed by atoms with van der Waals surface area (Å²) in [5.41, 5.74) is 2.38. The molecular weight excluding hydrogens is 359 g/mol. The Kier molecular flexibility index (Phi) is 6.78. The van der Waals surface area contributed by atoms with E-state index in [1.807, 2.05) is 12.1 Å². The Morgan fingerprint density at radius 3 is 2.61 bits per heavy atom. The quantitative estimate of drug-likeness (QED) is 0.503. The highest BCUT2D eigenvalue weighted by Gasteiger charge is 2.25. The Morgan fingerprint density at radius 1 is 1.07 bits per heavy atom. The van der Waals surface area contributed by atoms with Crippen LogP contribution in [0.3, 0.4) is 0 Å². The Bertz CT molecular complexity index is 882. The van der Waals surface area contributed by atoms with Crippen molar-refractivity contribution in [3.05, 3.63) is 69.5 Å². The molecule has 0 aliphatic heterocycles. The first-order valence-corrected chi connectivity index (χ1v) is 10.2. The summed E-state index contributed by atoms with van der Waals surface area (Å²) in [7, 11) is 0.